The van der Waals surface area contributed by atoms with E-state index in [0.29, 0.717) is 0 Å². The molecule has 2 fully saturated rings. The van der Waals surface area contributed by atoms with E-state index in [1.165, 1.54) is 36.9 Å². The summed E-state index contributed by atoms with van der Waals surface area (Å²) >= 11 is 6.45. The molecule has 3 rings (SSSR count). The standard InChI is InChI=1S/C15H21ClN2/c16-13-11-12(15(17)7-4-8-15)5-6-14(13)18-9-2-1-3-10-18/h5-6,11H,1-4,7-10,17H2. The van der Waals surface area contributed by atoms with Crippen molar-refractivity contribution in [2.45, 2.75) is 44.1 Å². The molecule has 0 amide bonds. The quantitative estimate of drug-likeness (QED) is 0.883. The summed E-state index contributed by atoms with van der Waals surface area (Å²) in [5.74, 6) is 0. The van der Waals surface area contributed by atoms with Gasteiger partial charge in [-0.05, 0) is 56.2 Å². The molecule has 1 aliphatic carbocycles. The van der Waals surface area contributed by atoms with Crippen LogP contribution in [0.1, 0.15) is 44.1 Å². The lowest BCUT2D eigenvalue weighted by Crippen LogP contribution is -2.43. The number of anilines is 1. The van der Waals surface area contributed by atoms with Crippen molar-refractivity contribution in [1.82, 2.24) is 0 Å². The summed E-state index contributed by atoms with van der Waals surface area (Å²) in [6.45, 7) is 2.26. The minimum Gasteiger partial charge on any atom is -0.370 e. The van der Waals surface area contributed by atoms with Crippen LogP contribution in [0.3, 0.4) is 0 Å². The van der Waals surface area contributed by atoms with Gasteiger partial charge in [-0.2, -0.15) is 0 Å². The van der Waals surface area contributed by atoms with Gasteiger partial charge in [0.1, 0.15) is 0 Å². The molecule has 0 spiro atoms. The minimum absolute atomic E-state index is 0.107. The average molecular weight is 265 g/mol. The van der Waals surface area contributed by atoms with E-state index in [-0.39, 0.29) is 5.54 Å². The molecular weight excluding hydrogens is 244 g/mol. The van der Waals surface area contributed by atoms with Crippen molar-refractivity contribution < 1.29 is 0 Å². The van der Waals surface area contributed by atoms with Crippen LogP contribution in [0.4, 0.5) is 5.69 Å². The van der Waals surface area contributed by atoms with Crippen LogP contribution in [0, 0.1) is 0 Å². The van der Waals surface area contributed by atoms with E-state index >= 15 is 0 Å². The number of nitrogens with zero attached hydrogens (tertiary/aromatic N) is 1. The van der Waals surface area contributed by atoms with Crippen LogP contribution in [0.25, 0.3) is 0 Å². The normalized spacial score (nSPS) is 22.7. The Labute approximate surface area is 114 Å². The zero-order valence-corrected chi connectivity index (χ0v) is 11.5. The molecule has 1 saturated heterocycles. The molecule has 1 aromatic rings. The second-order valence-electron chi connectivity index (χ2n) is 5.72. The highest BCUT2D eigenvalue weighted by atomic mass is 35.5. The topological polar surface area (TPSA) is 29.3 Å². The molecule has 1 saturated carbocycles. The predicted octanol–water partition coefficient (Wildman–Crippen LogP) is 3.67. The number of halogens is 1. The van der Waals surface area contributed by atoms with Crippen molar-refractivity contribution in [2.75, 3.05) is 18.0 Å². The van der Waals surface area contributed by atoms with Crippen LogP contribution in [0.15, 0.2) is 18.2 Å². The first-order valence-corrected chi connectivity index (χ1v) is 7.41. The Morgan fingerprint density at radius 1 is 1.06 bits per heavy atom. The van der Waals surface area contributed by atoms with E-state index in [9.17, 15) is 0 Å². The molecule has 0 radical (unpaired) electrons. The van der Waals surface area contributed by atoms with Crippen molar-refractivity contribution in [3.05, 3.63) is 28.8 Å². The summed E-state index contributed by atoms with van der Waals surface area (Å²) < 4.78 is 0. The van der Waals surface area contributed by atoms with Gasteiger partial charge in [-0.3, -0.25) is 0 Å². The molecule has 1 heterocycles. The Hall–Kier alpha value is -0.730. The Morgan fingerprint density at radius 3 is 2.33 bits per heavy atom. The summed E-state index contributed by atoms with van der Waals surface area (Å²) in [5.41, 5.74) is 8.63. The van der Waals surface area contributed by atoms with E-state index in [1.54, 1.807) is 0 Å². The summed E-state index contributed by atoms with van der Waals surface area (Å²) in [4.78, 5) is 2.40. The third-order valence-electron chi connectivity index (χ3n) is 4.47. The lowest BCUT2D eigenvalue weighted by molar-refractivity contribution is 0.253. The van der Waals surface area contributed by atoms with Crippen LogP contribution >= 0.6 is 11.6 Å². The number of piperidine rings is 1. The molecule has 0 atom stereocenters. The van der Waals surface area contributed by atoms with Gasteiger partial charge in [-0.25, -0.2) is 0 Å². The van der Waals surface area contributed by atoms with Gasteiger partial charge in [-0.15, -0.1) is 0 Å². The molecule has 0 aromatic heterocycles. The molecule has 18 heavy (non-hydrogen) atoms. The van der Waals surface area contributed by atoms with Crippen LogP contribution < -0.4 is 10.6 Å². The first-order chi connectivity index (χ1) is 8.69. The predicted molar refractivity (Wildman–Crippen MR) is 77.2 cm³/mol. The van der Waals surface area contributed by atoms with Crippen LogP contribution in [-0.4, -0.2) is 13.1 Å². The number of rotatable bonds is 2. The van der Waals surface area contributed by atoms with Gasteiger partial charge in [0.05, 0.1) is 10.7 Å². The summed E-state index contributed by atoms with van der Waals surface area (Å²) in [5, 5.41) is 0.867. The molecule has 2 aliphatic rings. The van der Waals surface area contributed by atoms with Gasteiger partial charge >= 0.3 is 0 Å². The molecule has 0 bridgehead atoms. The van der Waals surface area contributed by atoms with Crippen molar-refractivity contribution in [3.8, 4) is 0 Å². The number of hydrogen-bond donors (Lipinski definition) is 1. The Bertz CT molecular complexity index is 434. The zero-order chi connectivity index (χ0) is 12.6. The summed E-state index contributed by atoms with van der Waals surface area (Å²) in [7, 11) is 0. The van der Waals surface area contributed by atoms with Gasteiger partial charge < -0.3 is 10.6 Å². The first-order valence-electron chi connectivity index (χ1n) is 7.03. The van der Waals surface area contributed by atoms with E-state index in [0.717, 1.165) is 31.0 Å². The summed E-state index contributed by atoms with van der Waals surface area (Å²) in [6.07, 6.45) is 7.32. The Balaban J connectivity index is 1.84. The third-order valence-corrected chi connectivity index (χ3v) is 4.77. The number of benzene rings is 1. The maximum atomic E-state index is 6.45. The van der Waals surface area contributed by atoms with Gasteiger partial charge in [0.15, 0.2) is 0 Å². The van der Waals surface area contributed by atoms with E-state index in [1.807, 2.05) is 0 Å². The second kappa shape index (κ2) is 4.75. The monoisotopic (exact) mass is 264 g/mol. The zero-order valence-electron chi connectivity index (χ0n) is 10.8. The lowest BCUT2D eigenvalue weighted by atomic mass is 9.73. The maximum Gasteiger partial charge on any atom is 0.0643 e. The highest BCUT2D eigenvalue weighted by Crippen LogP contribution is 2.41. The molecular formula is C15H21ClN2. The van der Waals surface area contributed by atoms with Gasteiger partial charge in [0.2, 0.25) is 0 Å². The SMILES string of the molecule is NC1(c2ccc(N3CCCCC3)c(Cl)c2)CCC1. The third kappa shape index (κ3) is 2.12. The molecule has 2 nitrogen and oxygen atoms in total. The average Bonchev–Trinajstić information content (AvgIpc) is 2.37. The number of hydrogen-bond acceptors (Lipinski definition) is 2. The van der Waals surface area contributed by atoms with Gasteiger partial charge in [0, 0.05) is 18.6 Å². The van der Waals surface area contributed by atoms with Crippen molar-refractivity contribution >= 4 is 17.3 Å². The smallest absolute Gasteiger partial charge is 0.0643 e. The summed E-state index contributed by atoms with van der Waals surface area (Å²) in [6, 6.07) is 6.43. The minimum atomic E-state index is -0.107. The van der Waals surface area contributed by atoms with Crippen LogP contribution in [0.2, 0.25) is 5.02 Å². The molecule has 3 heteroatoms. The molecule has 1 aromatic carbocycles. The van der Waals surface area contributed by atoms with E-state index in [2.05, 4.69) is 23.1 Å². The lowest BCUT2D eigenvalue weighted by Gasteiger charge is -2.39. The fraction of sp³-hybridized carbons (Fsp3) is 0.600. The number of nitrogens with two attached hydrogens (primary N) is 1. The molecule has 1 aliphatic heterocycles. The van der Waals surface area contributed by atoms with Crippen molar-refractivity contribution in [1.29, 1.82) is 0 Å². The van der Waals surface area contributed by atoms with E-state index < -0.39 is 0 Å². The van der Waals surface area contributed by atoms with Crippen LogP contribution in [-0.2, 0) is 5.54 Å². The van der Waals surface area contributed by atoms with Crippen molar-refractivity contribution in [2.24, 2.45) is 5.73 Å². The van der Waals surface area contributed by atoms with Crippen LogP contribution in [0.5, 0.6) is 0 Å². The highest BCUT2D eigenvalue weighted by molar-refractivity contribution is 6.33. The Morgan fingerprint density at radius 2 is 1.78 bits per heavy atom. The van der Waals surface area contributed by atoms with Gasteiger partial charge in [-0.1, -0.05) is 17.7 Å². The van der Waals surface area contributed by atoms with E-state index in [4.69, 9.17) is 17.3 Å². The largest absolute Gasteiger partial charge is 0.370 e. The fourth-order valence-electron chi connectivity index (χ4n) is 3.05. The van der Waals surface area contributed by atoms with Gasteiger partial charge in [0.25, 0.3) is 0 Å². The fourth-order valence-corrected chi connectivity index (χ4v) is 3.35. The highest BCUT2D eigenvalue weighted by Gasteiger charge is 2.34. The molecule has 98 valence electrons. The second-order valence-corrected chi connectivity index (χ2v) is 6.13. The molecule has 2 N–H and O–H groups in total. The molecule has 0 unspecified atom stereocenters. The Kier molecular flexibility index (Phi) is 3.25. The van der Waals surface area contributed by atoms with Crippen molar-refractivity contribution in [3.63, 3.8) is 0 Å². The first kappa shape index (κ1) is 12.3. The maximum absolute atomic E-state index is 6.45.